The van der Waals surface area contributed by atoms with Crippen molar-refractivity contribution in [3.05, 3.63) is 23.9 Å². The van der Waals surface area contributed by atoms with Crippen LogP contribution < -0.4 is 10.1 Å². The van der Waals surface area contributed by atoms with E-state index in [2.05, 4.69) is 16.2 Å². The van der Waals surface area contributed by atoms with Crippen molar-refractivity contribution in [2.24, 2.45) is 0 Å². The van der Waals surface area contributed by atoms with Crippen LogP contribution >= 0.6 is 0 Å². The second kappa shape index (κ2) is 6.79. The lowest BCUT2D eigenvalue weighted by molar-refractivity contribution is 0.0953. The molecule has 0 aromatic carbocycles. The highest BCUT2D eigenvalue weighted by atomic mass is 16.5. The molecule has 1 aromatic heterocycles. The number of hydrogen-bond donors (Lipinski definition) is 1. The van der Waals surface area contributed by atoms with Gasteiger partial charge in [-0.15, -0.1) is 12.3 Å². The summed E-state index contributed by atoms with van der Waals surface area (Å²) in [6.07, 6.45) is 12.1. The molecule has 1 aliphatic rings. The van der Waals surface area contributed by atoms with E-state index >= 15 is 0 Å². The number of terminal acetylenes is 1. The SMILES string of the molecule is C#CCCNC(=O)c1ccnc(OC2CCCC2)c1. The summed E-state index contributed by atoms with van der Waals surface area (Å²) in [7, 11) is 0. The smallest absolute Gasteiger partial charge is 0.251 e. The van der Waals surface area contributed by atoms with Crippen LogP contribution in [0.1, 0.15) is 42.5 Å². The van der Waals surface area contributed by atoms with Crippen LogP contribution in [0.3, 0.4) is 0 Å². The summed E-state index contributed by atoms with van der Waals surface area (Å²) in [6.45, 7) is 0.483. The predicted molar refractivity (Wildman–Crippen MR) is 72.9 cm³/mol. The molecule has 1 heterocycles. The zero-order valence-corrected chi connectivity index (χ0v) is 10.9. The predicted octanol–water partition coefficient (Wildman–Crippen LogP) is 2.16. The third-order valence-corrected chi connectivity index (χ3v) is 3.14. The number of aromatic nitrogens is 1. The summed E-state index contributed by atoms with van der Waals surface area (Å²) in [5.41, 5.74) is 0.556. The van der Waals surface area contributed by atoms with Gasteiger partial charge in [0.25, 0.3) is 5.91 Å². The second-order valence-electron chi connectivity index (χ2n) is 4.62. The Morgan fingerprint density at radius 1 is 1.53 bits per heavy atom. The lowest BCUT2D eigenvalue weighted by Crippen LogP contribution is -2.24. The molecule has 1 aliphatic carbocycles. The van der Waals surface area contributed by atoms with Crippen LogP contribution in [0.15, 0.2) is 18.3 Å². The number of ether oxygens (including phenoxy) is 1. The molecule has 0 aliphatic heterocycles. The fourth-order valence-electron chi connectivity index (χ4n) is 2.14. The molecule has 1 fully saturated rings. The van der Waals surface area contributed by atoms with Crippen molar-refractivity contribution in [2.75, 3.05) is 6.54 Å². The van der Waals surface area contributed by atoms with Crippen molar-refractivity contribution in [1.82, 2.24) is 10.3 Å². The van der Waals surface area contributed by atoms with Crippen LogP contribution in [0.5, 0.6) is 5.88 Å². The molecule has 0 radical (unpaired) electrons. The van der Waals surface area contributed by atoms with Crippen molar-refractivity contribution in [1.29, 1.82) is 0 Å². The second-order valence-corrected chi connectivity index (χ2v) is 4.62. The lowest BCUT2D eigenvalue weighted by Gasteiger charge is -2.12. The fraction of sp³-hybridized carbons (Fsp3) is 0.467. The first-order valence-corrected chi connectivity index (χ1v) is 6.64. The topological polar surface area (TPSA) is 51.2 Å². The van der Waals surface area contributed by atoms with Gasteiger partial charge in [0.15, 0.2) is 0 Å². The molecule has 4 heteroatoms. The van der Waals surface area contributed by atoms with Gasteiger partial charge in [0.1, 0.15) is 6.10 Å². The van der Waals surface area contributed by atoms with E-state index in [4.69, 9.17) is 11.2 Å². The van der Waals surface area contributed by atoms with Gasteiger partial charge in [-0.2, -0.15) is 0 Å². The molecule has 100 valence electrons. The van der Waals surface area contributed by atoms with E-state index in [-0.39, 0.29) is 12.0 Å². The molecule has 0 saturated heterocycles. The maximum absolute atomic E-state index is 11.8. The largest absolute Gasteiger partial charge is 0.474 e. The molecule has 1 saturated carbocycles. The average Bonchev–Trinajstić information content (AvgIpc) is 2.92. The van der Waals surface area contributed by atoms with E-state index in [1.807, 2.05) is 0 Å². The van der Waals surface area contributed by atoms with Gasteiger partial charge in [-0.1, -0.05) is 0 Å². The van der Waals surface area contributed by atoms with Crippen LogP contribution in [0.25, 0.3) is 0 Å². The number of nitrogens with zero attached hydrogens (tertiary/aromatic N) is 1. The van der Waals surface area contributed by atoms with Crippen LogP contribution in [0.2, 0.25) is 0 Å². The van der Waals surface area contributed by atoms with E-state index in [9.17, 15) is 4.79 Å². The van der Waals surface area contributed by atoms with Gasteiger partial charge < -0.3 is 10.1 Å². The van der Waals surface area contributed by atoms with Gasteiger partial charge in [-0.3, -0.25) is 4.79 Å². The minimum atomic E-state index is -0.145. The first-order chi connectivity index (χ1) is 9.29. The Kier molecular flexibility index (Phi) is 4.79. The fourth-order valence-corrected chi connectivity index (χ4v) is 2.14. The Hall–Kier alpha value is -2.02. The number of amides is 1. The van der Waals surface area contributed by atoms with E-state index in [0.717, 1.165) is 12.8 Å². The summed E-state index contributed by atoms with van der Waals surface area (Å²) in [4.78, 5) is 16.0. The lowest BCUT2D eigenvalue weighted by atomic mass is 10.2. The van der Waals surface area contributed by atoms with Crippen molar-refractivity contribution in [3.63, 3.8) is 0 Å². The van der Waals surface area contributed by atoms with Crippen LogP contribution in [-0.2, 0) is 0 Å². The van der Waals surface area contributed by atoms with Crippen LogP contribution in [-0.4, -0.2) is 23.5 Å². The van der Waals surface area contributed by atoms with Crippen molar-refractivity contribution in [2.45, 2.75) is 38.2 Å². The number of pyridine rings is 1. The molecule has 0 atom stereocenters. The zero-order valence-electron chi connectivity index (χ0n) is 10.9. The minimum Gasteiger partial charge on any atom is -0.474 e. The highest BCUT2D eigenvalue weighted by molar-refractivity contribution is 5.94. The monoisotopic (exact) mass is 258 g/mol. The van der Waals surface area contributed by atoms with E-state index in [1.165, 1.54) is 12.8 Å². The van der Waals surface area contributed by atoms with Gasteiger partial charge in [-0.05, 0) is 31.7 Å². The van der Waals surface area contributed by atoms with Gasteiger partial charge in [0.2, 0.25) is 5.88 Å². The summed E-state index contributed by atoms with van der Waals surface area (Å²) in [5.74, 6) is 2.86. The Labute approximate surface area is 113 Å². The average molecular weight is 258 g/mol. The maximum atomic E-state index is 11.8. The molecule has 0 bridgehead atoms. The summed E-state index contributed by atoms with van der Waals surface area (Å²) >= 11 is 0. The summed E-state index contributed by atoms with van der Waals surface area (Å²) < 4.78 is 5.77. The molecule has 1 N–H and O–H groups in total. The maximum Gasteiger partial charge on any atom is 0.251 e. The first kappa shape index (κ1) is 13.4. The quantitative estimate of drug-likeness (QED) is 0.650. The van der Waals surface area contributed by atoms with Crippen molar-refractivity contribution in [3.8, 4) is 18.2 Å². The minimum absolute atomic E-state index is 0.145. The molecule has 0 unspecified atom stereocenters. The third-order valence-electron chi connectivity index (χ3n) is 3.14. The summed E-state index contributed by atoms with van der Waals surface area (Å²) in [6, 6.07) is 3.36. The number of nitrogens with one attached hydrogen (secondary N) is 1. The summed E-state index contributed by atoms with van der Waals surface area (Å²) in [5, 5.41) is 2.76. The molecule has 0 spiro atoms. The van der Waals surface area contributed by atoms with Crippen LogP contribution in [0, 0.1) is 12.3 Å². The van der Waals surface area contributed by atoms with Crippen molar-refractivity contribution >= 4 is 5.91 Å². The highest BCUT2D eigenvalue weighted by Gasteiger charge is 2.17. The third kappa shape index (κ3) is 3.99. The number of carbonyl (C=O) groups excluding carboxylic acids is 1. The van der Waals surface area contributed by atoms with Crippen LogP contribution in [0.4, 0.5) is 0 Å². The molecular weight excluding hydrogens is 240 g/mol. The normalized spacial score (nSPS) is 14.9. The molecule has 4 nitrogen and oxygen atoms in total. The molecule has 1 aromatic rings. The van der Waals surface area contributed by atoms with Crippen molar-refractivity contribution < 1.29 is 9.53 Å². The Morgan fingerprint density at radius 3 is 3.05 bits per heavy atom. The van der Waals surface area contributed by atoms with E-state index in [1.54, 1.807) is 18.3 Å². The molecule has 1 amide bonds. The Bertz CT molecular complexity index is 473. The number of carbonyl (C=O) groups is 1. The van der Waals surface area contributed by atoms with Gasteiger partial charge >= 0.3 is 0 Å². The molecular formula is C15H18N2O2. The highest BCUT2D eigenvalue weighted by Crippen LogP contribution is 2.23. The number of hydrogen-bond acceptors (Lipinski definition) is 3. The Morgan fingerprint density at radius 2 is 2.32 bits per heavy atom. The Balaban J connectivity index is 1.94. The van der Waals surface area contributed by atoms with E-state index < -0.39 is 0 Å². The number of rotatable bonds is 5. The van der Waals surface area contributed by atoms with E-state index in [0.29, 0.717) is 24.4 Å². The standard InChI is InChI=1S/C15H18N2O2/c1-2-3-9-17-15(18)12-8-10-16-14(11-12)19-13-6-4-5-7-13/h1,8,10-11,13H,3-7,9H2,(H,17,18). The zero-order chi connectivity index (χ0) is 13.5. The van der Waals surface area contributed by atoms with Gasteiger partial charge in [-0.25, -0.2) is 4.98 Å². The van der Waals surface area contributed by atoms with Gasteiger partial charge in [0, 0.05) is 30.8 Å². The molecule has 19 heavy (non-hydrogen) atoms. The molecule has 2 rings (SSSR count). The first-order valence-electron chi connectivity index (χ1n) is 6.64. The van der Waals surface area contributed by atoms with Gasteiger partial charge in [0.05, 0.1) is 0 Å².